The molecule has 5 rings (SSSR count). The molecule has 1 aliphatic rings. The number of hydrogen-bond acceptors (Lipinski definition) is 9. The van der Waals surface area contributed by atoms with Crippen LogP contribution < -0.4 is 24.3 Å². The third-order valence-corrected chi connectivity index (χ3v) is 7.26. The molecule has 10 heteroatoms. The first-order valence-electron chi connectivity index (χ1n) is 11.2. The van der Waals surface area contributed by atoms with Crippen LogP contribution in [0.4, 0.5) is 5.88 Å². The van der Waals surface area contributed by atoms with Gasteiger partial charge in [0.2, 0.25) is 26.6 Å². The fourth-order valence-corrected chi connectivity index (χ4v) is 5.07. The Kier molecular flexibility index (Phi) is 6.43. The summed E-state index contributed by atoms with van der Waals surface area (Å²) < 4.78 is 55.2. The zero-order valence-corrected chi connectivity index (χ0v) is 20.5. The maximum absolute atomic E-state index is 13.7. The average molecular weight is 509 g/mol. The number of oxazole rings is 1. The molecule has 36 heavy (non-hydrogen) atoms. The fraction of sp³-hybridized carbons (Fsp3) is 0.192. The van der Waals surface area contributed by atoms with Crippen LogP contribution in [0.5, 0.6) is 23.0 Å². The van der Waals surface area contributed by atoms with Crippen molar-refractivity contribution in [1.82, 2.24) is 4.98 Å². The lowest BCUT2D eigenvalue weighted by Gasteiger charge is -2.18. The quantitative estimate of drug-likeness (QED) is 0.366. The zero-order valence-electron chi connectivity index (χ0n) is 19.7. The van der Waals surface area contributed by atoms with E-state index in [4.69, 9.17) is 23.4 Å². The van der Waals surface area contributed by atoms with Gasteiger partial charge < -0.3 is 28.7 Å². The number of fused-ring (bicyclic) bond motifs is 1. The Morgan fingerprint density at radius 3 is 2.39 bits per heavy atom. The minimum Gasteiger partial charge on any atom is -0.493 e. The van der Waals surface area contributed by atoms with Crippen molar-refractivity contribution in [2.24, 2.45) is 0 Å². The summed E-state index contributed by atoms with van der Waals surface area (Å²) >= 11 is 0. The van der Waals surface area contributed by atoms with Gasteiger partial charge in [0.15, 0.2) is 23.0 Å². The second kappa shape index (κ2) is 9.82. The van der Waals surface area contributed by atoms with E-state index in [-0.39, 0.29) is 21.7 Å². The van der Waals surface area contributed by atoms with Gasteiger partial charge in [-0.25, -0.2) is 8.42 Å². The molecular weight excluding hydrogens is 484 g/mol. The SMILES string of the molecule is COc1ccc(-c2nc(S(=O)(=O)c3ccc4c(c3)OCCO4)c(NCc3ccccc3)o2)cc1OC. The van der Waals surface area contributed by atoms with Gasteiger partial charge in [-0.05, 0) is 35.9 Å². The van der Waals surface area contributed by atoms with Crippen LogP contribution in [0.1, 0.15) is 5.56 Å². The fourth-order valence-electron chi connectivity index (χ4n) is 3.77. The van der Waals surface area contributed by atoms with Gasteiger partial charge in [0.25, 0.3) is 0 Å². The second-order valence-electron chi connectivity index (χ2n) is 7.87. The monoisotopic (exact) mass is 508 g/mol. The maximum Gasteiger partial charge on any atom is 0.234 e. The Labute approximate surface area is 208 Å². The van der Waals surface area contributed by atoms with E-state index in [1.165, 1.54) is 26.4 Å². The van der Waals surface area contributed by atoms with Gasteiger partial charge >= 0.3 is 0 Å². The lowest BCUT2D eigenvalue weighted by atomic mass is 10.2. The minimum atomic E-state index is -4.08. The number of sulfone groups is 1. The van der Waals surface area contributed by atoms with Crippen molar-refractivity contribution in [3.8, 4) is 34.5 Å². The van der Waals surface area contributed by atoms with Crippen molar-refractivity contribution >= 4 is 15.7 Å². The normalized spacial score (nSPS) is 12.7. The number of benzene rings is 3. The number of methoxy groups -OCH3 is 2. The van der Waals surface area contributed by atoms with E-state index in [9.17, 15) is 8.42 Å². The van der Waals surface area contributed by atoms with Crippen molar-refractivity contribution in [2.75, 3.05) is 32.8 Å². The molecule has 1 aromatic heterocycles. The first kappa shape index (κ1) is 23.6. The highest BCUT2D eigenvalue weighted by molar-refractivity contribution is 7.91. The third kappa shape index (κ3) is 4.55. The van der Waals surface area contributed by atoms with Crippen molar-refractivity contribution in [2.45, 2.75) is 16.5 Å². The van der Waals surface area contributed by atoms with E-state index in [0.717, 1.165) is 5.56 Å². The second-order valence-corrected chi connectivity index (χ2v) is 9.74. The summed E-state index contributed by atoms with van der Waals surface area (Å²) in [5.74, 6) is 1.99. The van der Waals surface area contributed by atoms with E-state index in [2.05, 4.69) is 10.3 Å². The van der Waals surface area contributed by atoms with Crippen LogP contribution in [0.15, 0.2) is 81.1 Å². The molecule has 0 spiro atoms. The molecule has 0 unspecified atom stereocenters. The summed E-state index contributed by atoms with van der Waals surface area (Å²) in [6.07, 6.45) is 0. The summed E-state index contributed by atoms with van der Waals surface area (Å²) in [6, 6.07) is 19.1. The molecule has 0 amide bonds. The average Bonchev–Trinajstić information content (AvgIpc) is 3.37. The molecule has 0 radical (unpaired) electrons. The highest BCUT2D eigenvalue weighted by atomic mass is 32.2. The molecule has 0 saturated carbocycles. The third-order valence-electron chi connectivity index (χ3n) is 5.60. The van der Waals surface area contributed by atoms with E-state index >= 15 is 0 Å². The smallest absolute Gasteiger partial charge is 0.234 e. The lowest BCUT2D eigenvalue weighted by molar-refractivity contribution is 0.171. The summed E-state index contributed by atoms with van der Waals surface area (Å²) in [5.41, 5.74) is 1.48. The summed E-state index contributed by atoms with van der Waals surface area (Å²) in [4.78, 5) is 4.41. The summed E-state index contributed by atoms with van der Waals surface area (Å²) in [6.45, 7) is 1.09. The number of ether oxygens (including phenoxy) is 4. The van der Waals surface area contributed by atoms with Gasteiger partial charge in [-0.2, -0.15) is 4.98 Å². The predicted octanol–water partition coefficient (Wildman–Crippen LogP) is 4.57. The number of anilines is 1. The van der Waals surface area contributed by atoms with Gasteiger partial charge in [0.05, 0.1) is 19.1 Å². The lowest BCUT2D eigenvalue weighted by Crippen LogP contribution is -2.16. The molecule has 186 valence electrons. The molecule has 0 atom stereocenters. The Hall–Kier alpha value is -4.18. The van der Waals surface area contributed by atoms with Crippen LogP contribution in [0.2, 0.25) is 0 Å². The number of nitrogens with one attached hydrogen (secondary N) is 1. The van der Waals surface area contributed by atoms with Gasteiger partial charge in [0, 0.05) is 18.2 Å². The molecule has 2 heterocycles. The van der Waals surface area contributed by atoms with Crippen molar-refractivity contribution < 1.29 is 31.8 Å². The first-order valence-corrected chi connectivity index (χ1v) is 12.6. The highest BCUT2D eigenvalue weighted by Gasteiger charge is 2.30. The number of aromatic nitrogens is 1. The Balaban J connectivity index is 1.57. The van der Waals surface area contributed by atoms with Crippen LogP contribution in [0, 0.1) is 0 Å². The van der Waals surface area contributed by atoms with Gasteiger partial charge in [-0.3, -0.25) is 0 Å². The molecule has 9 nitrogen and oxygen atoms in total. The Morgan fingerprint density at radius 2 is 1.64 bits per heavy atom. The first-order chi connectivity index (χ1) is 17.5. The topological polar surface area (TPSA) is 109 Å². The number of nitrogens with zero attached hydrogens (tertiary/aromatic N) is 1. The van der Waals surface area contributed by atoms with E-state index < -0.39 is 9.84 Å². The van der Waals surface area contributed by atoms with Gasteiger partial charge in [0.1, 0.15) is 13.2 Å². The minimum absolute atomic E-state index is 0.0154. The Bertz CT molecular complexity index is 1480. The van der Waals surface area contributed by atoms with Crippen LogP contribution in [-0.2, 0) is 16.4 Å². The Morgan fingerprint density at radius 1 is 0.889 bits per heavy atom. The standard InChI is InChI=1S/C26H24N2O7S/c1-31-20-10-8-18(14-22(20)32-2)24-28-26(25(35-24)27-16-17-6-4-3-5-7-17)36(29,30)19-9-11-21-23(15-19)34-13-12-33-21/h3-11,14-15,27H,12-13,16H2,1-2H3. The highest BCUT2D eigenvalue weighted by Crippen LogP contribution is 2.38. The summed E-state index contributed by atoms with van der Waals surface area (Å²) in [5, 5.41) is 2.85. The molecule has 0 bridgehead atoms. The van der Waals surface area contributed by atoms with Crippen LogP contribution in [0.25, 0.3) is 11.5 Å². The van der Waals surface area contributed by atoms with Crippen LogP contribution >= 0.6 is 0 Å². The maximum atomic E-state index is 13.7. The molecule has 1 aliphatic heterocycles. The molecule has 1 N–H and O–H groups in total. The molecule has 0 aliphatic carbocycles. The summed E-state index contributed by atoms with van der Waals surface area (Å²) in [7, 11) is -1.03. The molecule has 4 aromatic rings. The zero-order chi connectivity index (χ0) is 25.1. The number of rotatable bonds is 8. The number of hydrogen-bond donors (Lipinski definition) is 1. The van der Waals surface area contributed by atoms with Crippen molar-refractivity contribution in [3.05, 3.63) is 72.3 Å². The van der Waals surface area contributed by atoms with Gasteiger partial charge in [-0.15, -0.1) is 0 Å². The molecular formula is C26H24N2O7S. The van der Waals surface area contributed by atoms with Gasteiger partial charge in [-0.1, -0.05) is 30.3 Å². The van der Waals surface area contributed by atoms with Crippen molar-refractivity contribution in [1.29, 1.82) is 0 Å². The largest absolute Gasteiger partial charge is 0.493 e. The molecule has 3 aromatic carbocycles. The van der Waals surface area contributed by atoms with Crippen molar-refractivity contribution in [3.63, 3.8) is 0 Å². The molecule has 0 saturated heterocycles. The van der Waals surface area contributed by atoms with E-state index in [0.29, 0.717) is 48.3 Å². The van der Waals surface area contributed by atoms with E-state index in [1.807, 2.05) is 30.3 Å². The van der Waals surface area contributed by atoms with Crippen LogP contribution in [0.3, 0.4) is 0 Å². The molecule has 0 fully saturated rings. The predicted molar refractivity (Wildman–Crippen MR) is 132 cm³/mol. The van der Waals surface area contributed by atoms with E-state index in [1.54, 1.807) is 24.3 Å². The van der Waals surface area contributed by atoms with Crippen LogP contribution in [-0.4, -0.2) is 40.8 Å².